The number of carbonyl (C=O) groups excluding carboxylic acids is 1. The van der Waals surface area contributed by atoms with Crippen molar-refractivity contribution in [2.24, 2.45) is 0 Å². The van der Waals surface area contributed by atoms with Crippen LogP contribution in [-0.2, 0) is 9.53 Å². The van der Waals surface area contributed by atoms with Gasteiger partial charge in [-0.2, -0.15) is 0 Å². The van der Waals surface area contributed by atoms with Crippen LogP contribution in [0.2, 0.25) is 0 Å². The van der Waals surface area contributed by atoms with Crippen molar-refractivity contribution < 1.29 is 9.53 Å². The molecular formula is C22H40O2. The van der Waals surface area contributed by atoms with E-state index < -0.39 is 0 Å². The van der Waals surface area contributed by atoms with Gasteiger partial charge < -0.3 is 4.74 Å². The molecule has 2 heteroatoms. The summed E-state index contributed by atoms with van der Waals surface area (Å²) >= 11 is 0. The minimum atomic E-state index is -0.347. The SMILES string of the molecule is C.C.C.C=C(C)C.C=C(C)C(=O)OC.C=C(C)c1ccc(C)cc1. The van der Waals surface area contributed by atoms with E-state index in [-0.39, 0.29) is 28.2 Å². The molecule has 1 aromatic carbocycles. The van der Waals surface area contributed by atoms with Gasteiger partial charge in [-0.3, -0.25) is 0 Å². The predicted octanol–water partition coefficient (Wildman–Crippen LogP) is 7.25. The first-order chi connectivity index (χ1) is 9.61. The van der Waals surface area contributed by atoms with Crippen LogP contribution in [-0.4, -0.2) is 13.1 Å². The summed E-state index contributed by atoms with van der Waals surface area (Å²) < 4.78 is 4.27. The zero-order valence-electron chi connectivity index (χ0n) is 14.2. The molecule has 0 radical (unpaired) electrons. The lowest BCUT2D eigenvalue weighted by molar-refractivity contribution is -0.136. The van der Waals surface area contributed by atoms with Gasteiger partial charge in [0.15, 0.2) is 0 Å². The van der Waals surface area contributed by atoms with Gasteiger partial charge in [0.1, 0.15) is 0 Å². The van der Waals surface area contributed by atoms with E-state index >= 15 is 0 Å². The lowest BCUT2D eigenvalue weighted by Crippen LogP contribution is -1.98. The highest BCUT2D eigenvalue weighted by Gasteiger charge is 1.95. The Morgan fingerprint density at radius 1 is 0.875 bits per heavy atom. The van der Waals surface area contributed by atoms with E-state index in [0.717, 1.165) is 5.57 Å². The maximum Gasteiger partial charge on any atom is 0.332 e. The van der Waals surface area contributed by atoms with E-state index in [2.05, 4.69) is 55.7 Å². The molecule has 0 atom stereocenters. The Kier molecular flexibility index (Phi) is 26.5. The van der Waals surface area contributed by atoms with Gasteiger partial charge in [-0.15, -0.1) is 6.58 Å². The minimum Gasteiger partial charge on any atom is -0.466 e. The zero-order valence-corrected chi connectivity index (χ0v) is 14.2. The number of ether oxygens (including phenoxy) is 1. The van der Waals surface area contributed by atoms with Crippen LogP contribution in [0, 0.1) is 6.92 Å². The molecule has 24 heavy (non-hydrogen) atoms. The van der Waals surface area contributed by atoms with Crippen LogP contribution >= 0.6 is 0 Å². The Hall–Kier alpha value is -2.09. The second-order valence-electron chi connectivity index (χ2n) is 5.13. The molecule has 0 aliphatic rings. The minimum absolute atomic E-state index is 0. The molecule has 0 heterocycles. The summed E-state index contributed by atoms with van der Waals surface area (Å²) in [5.74, 6) is -0.347. The van der Waals surface area contributed by atoms with Gasteiger partial charge in [-0.1, -0.05) is 76.4 Å². The quantitative estimate of drug-likeness (QED) is 0.323. The highest BCUT2D eigenvalue weighted by atomic mass is 16.5. The highest BCUT2D eigenvalue weighted by molar-refractivity contribution is 5.86. The van der Waals surface area contributed by atoms with Crippen LogP contribution in [0.1, 0.15) is 61.1 Å². The van der Waals surface area contributed by atoms with Gasteiger partial charge in [0.2, 0.25) is 0 Å². The van der Waals surface area contributed by atoms with E-state index in [1.807, 2.05) is 20.8 Å². The average molecular weight is 337 g/mol. The van der Waals surface area contributed by atoms with Crippen molar-refractivity contribution in [1.82, 2.24) is 0 Å². The second-order valence-corrected chi connectivity index (χ2v) is 5.13. The first-order valence-corrected chi connectivity index (χ1v) is 6.70. The summed E-state index contributed by atoms with van der Waals surface area (Å²) in [5, 5.41) is 0. The van der Waals surface area contributed by atoms with Crippen LogP contribution in [0.15, 0.2) is 55.1 Å². The van der Waals surface area contributed by atoms with Crippen molar-refractivity contribution in [1.29, 1.82) is 0 Å². The zero-order chi connectivity index (χ0) is 17.0. The molecular weight excluding hydrogens is 296 g/mol. The number of aryl methyl sites for hydroxylation is 1. The molecule has 1 rings (SSSR count). The third kappa shape index (κ3) is 22.2. The molecule has 140 valence electrons. The number of benzene rings is 1. The highest BCUT2D eigenvalue weighted by Crippen LogP contribution is 2.11. The summed E-state index contributed by atoms with van der Waals surface area (Å²) in [5.41, 5.74) is 5.25. The van der Waals surface area contributed by atoms with Crippen LogP contribution in [0.4, 0.5) is 0 Å². The number of hydrogen-bond acceptors (Lipinski definition) is 2. The molecule has 0 fully saturated rings. The Morgan fingerprint density at radius 2 is 1.21 bits per heavy atom. The van der Waals surface area contributed by atoms with Crippen molar-refractivity contribution >= 4 is 11.5 Å². The molecule has 0 saturated carbocycles. The van der Waals surface area contributed by atoms with E-state index in [1.165, 1.54) is 23.8 Å². The standard InChI is InChI=1S/C10H12.C5H8O2.C4H8.3CH4/c1-8(2)10-6-4-9(3)5-7-10;1-4(2)5(6)7-3;1-4(2)3;;;/h4-7H,1H2,2-3H3;1H2,2-3H3;1H2,2-3H3;3*1H4. The Morgan fingerprint density at radius 3 is 1.38 bits per heavy atom. The maximum atomic E-state index is 10.2. The smallest absolute Gasteiger partial charge is 0.332 e. The Bertz CT molecular complexity index is 475. The predicted molar refractivity (Wildman–Crippen MR) is 113 cm³/mol. The van der Waals surface area contributed by atoms with E-state index in [0.29, 0.717) is 5.57 Å². The summed E-state index contributed by atoms with van der Waals surface area (Å²) in [4.78, 5) is 10.2. The average Bonchev–Trinajstić information content (AvgIpc) is 2.38. The second kappa shape index (κ2) is 19.0. The van der Waals surface area contributed by atoms with Crippen molar-refractivity contribution in [3.05, 3.63) is 66.3 Å². The summed E-state index contributed by atoms with van der Waals surface area (Å²) in [7, 11) is 1.33. The lowest BCUT2D eigenvalue weighted by atomic mass is 10.1. The molecule has 1 aromatic rings. The van der Waals surface area contributed by atoms with Crippen LogP contribution in [0.3, 0.4) is 0 Å². The summed E-state index contributed by atoms with van der Waals surface area (Å²) in [6, 6.07) is 8.39. The number of allylic oxidation sites excluding steroid dienone is 2. The van der Waals surface area contributed by atoms with E-state index in [9.17, 15) is 4.79 Å². The molecule has 0 saturated heterocycles. The molecule has 2 nitrogen and oxygen atoms in total. The van der Waals surface area contributed by atoms with Crippen molar-refractivity contribution in [2.45, 2.75) is 56.9 Å². The van der Waals surface area contributed by atoms with Gasteiger partial charge in [0, 0.05) is 5.57 Å². The molecule has 0 aromatic heterocycles. The van der Waals surface area contributed by atoms with Gasteiger partial charge >= 0.3 is 5.97 Å². The van der Waals surface area contributed by atoms with E-state index in [4.69, 9.17) is 0 Å². The third-order valence-electron chi connectivity index (χ3n) is 2.08. The largest absolute Gasteiger partial charge is 0.466 e. The topological polar surface area (TPSA) is 26.3 Å². The van der Waals surface area contributed by atoms with Gasteiger partial charge in [0.25, 0.3) is 0 Å². The number of carbonyl (C=O) groups is 1. The Balaban J connectivity index is -0.0000000771. The summed E-state index contributed by atoms with van der Waals surface area (Å²) in [6.45, 7) is 20.4. The molecule has 0 bridgehead atoms. The lowest BCUT2D eigenvalue weighted by Gasteiger charge is -1.98. The van der Waals surface area contributed by atoms with Gasteiger partial charge in [-0.25, -0.2) is 4.79 Å². The van der Waals surface area contributed by atoms with Crippen LogP contribution in [0.5, 0.6) is 0 Å². The van der Waals surface area contributed by atoms with Gasteiger partial charge in [0.05, 0.1) is 7.11 Å². The summed E-state index contributed by atoms with van der Waals surface area (Å²) in [6.07, 6.45) is 0. The number of hydrogen-bond donors (Lipinski definition) is 0. The fraction of sp³-hybridized carbons (Fsp3) is 0.409. The molecule has 0 aliphatic heterocycles. The molecule has 0 spiro atoms. The third-order valence-corrected chi connectivity index (χ3v) is 2.08. The van der Waals surface area contributed by atoms with Crippen LogP contribution < -0.4 is 0 Å². The van der Waals surface area contributed by atoms with Crippen molar-refractivity contribution in [2.75, 3.05) is 7.11 Å². The molecule has 0 unspecified atom stereocenters. The molecule has 0 N–H and O–H groups in total. The maximum absolute atomic E-state index is 10.2. The molecule has 0 aliphatic carbocycles. The fourth-order valence-electron chi connectivity index (χ4n) is 1.01. The van der Waals surface area contributed by atoms with E-state index in [1.54, 1.807) is 6.92 Å². The molecule has 0 amide bonds. The Labute approximate surface area is 152 Å². The first-order valence-electron chi connectivity index (χ1n) is 6.70. The fourth-order valence-corrected chi connectivity index (χ4v) is 1.01. The number of rotatable bonds is 2. The van der Waals surface area contributed by atoms with Crippen LogP contribution in [0.25, 0.3) is 5.57 Å². The normalized spacial score (nSPS) is 7.25. The first kappa shape index (κ1) is 33.5. The number of esters is 1. The monoisotopic (exact) mass is 336 g/mol. The van der Waals surface area contributed by atoms with Crippen molar-refractivity contribution in [3.8, 4) is 0 Å². The van der Waals surface area contributed by atoms with Crippen molar-refractivity contribution in [3.63, 3.8) is 0 Å². The number of methoxy groups -OCH3 is 1. The van der Waals surface area contributed by atoms with Gasteiger partial charge in [-0.05, 0) is 40.2 Å².